The Morgan fingerprint density at radius 3 is 2.32 bits per heavy atom. The van der Waals surface area contributed by atoms with Crippen molar-refractivity contribution in [1.29, 1.82) is 0 Å². The Kier molecular flexibility index (Phi) is 10.6. The maximum absolute atomic E-state index is 6.33. The van der Waals surface area contributed by atoms with Crippen LogP contribution in [0.15, 0.2) is 41.5 Å². The van der Waals surface area contributed by atoms with Gasteiger partial charge < -0.3 is 4.74 Å². The number of ether oxygens (including phenoxy) is 1. The van der Waals surface area contributed by atoms with Gasteiger partial charge in [-0.1, -0.05) is 80.3 Å². The van der Waals surface area contributed by atoms with Gasteiger partial charge >= 0.3 is 0 Å². The zero-order chi connectivity index (χ0) is 20.2. The number of rotatable bonds is 12. The molecule has 0 unspecified atom stereocenters. The summed E-state index contributed by atoms with van der Waals surface area (Å²) in [6.07, 6.45) is 10.5. The van der Waals surface area contributed by atoms with Crippen molar-refractivity contribution in [3.63, 3.8) is 0 Å². The molecule has 0 atom stereocenters. The second-order valence-electron chi connectivity index (χ2n) is 6.65. The van der Waals surface area contributed by atoms with Gasteiger partial charge in [-0.3, -0.25) is 5.43 Å². The lowest BCUT2D eigenvalue weighted by Crippen LogP contribution is -1.98. The quantitative estimate of drug-likeness (QED) is 0.204. The van der Waals surface area contributed by atoms with E-state index in [0.717, 1.165) is 30.0 Å². The average Bonchev–Trinajstić information content (AvgIpc) is 2.68. The molecule has 6 heteroatoms. The Hall–Kier alpha value is -1.42. The molecule has 152 valence electrons. The van der Waals surface area contributed by atoms with Crippen LogP contribution >= 0.6 is 34.8 Å². The summed E-state index contributed by atoms with van der Waals surface area (Å²) >= 11 is 18.2. The van der Waals surface area contributed by atoms with Crippen LogP contribution in [-0.4, -0.2) is 12.8 Å². The van der Waals surface area contributed by atoms with Crippen LogP contribution in [0.4, 0.5) is 5.69 Å². The normalized spacial score (nSPS) is 11.1. The smallest absolute Gasteiger partial charge is 0.120 e. The van der Waals surface area contributed by atoms with Gasteiger partial charge in [0.25, 0.3) is 0 Å². The highest BCUT2D eigenvalue weighted by molar-refractivity contribution is 6.42. The highest BCUT2D eigenvalue weighted by Crippen LogP contribution is 2.25. The van der Waals surface area contributed by atoms with Crippen LogP contribution in [0.5, 0.6) is 5.75 Å². The first-order valence-corrected chi connectivity index (χ1v) is 10.9. The first kappa shape index (κ1) is 22.9. The van der Waals surface area contributed by atoms with Crippen LogP contribution < -0.4 is 10.2 Å². The van der Waals surface area contributed by atoms with E-state index in [-0.39, 0.29) is 0 Å². The number of benzene rings is 2. The maximum atomic E-state index is 6.33. The van der Waals surface area contributed by atoms with Crippen LogP contribution in [-0.2, 0) is 0 Å². The van der Waals surface area contributed by atoms with Crippen molar-refractivity contribution in [2.24, 2.45) is 5.10 Å². The molecule has 2 rings (SSSR count). The van der Waals surface area contributed by atoms with E-state index in [1.54, 1.807) is 24.4 Å². The zero-order valence-electron chi connectivity index (χ0n) is 16.2. The van der Waals surface area contributed by atoms with E-state index in [0.29, 0.717) is 15.1 Å². The highest BCUT2D eigenvalue weighted by Gasteiger charge is 2.02. The number of anilines is 1. The predicted octanol–water partition coefficient (Wildman–Crippen LogP) is 8.22. The van der Waals surface area contributed by atoms with Gasteiger partial charge in [-0.15, -0.1) is 0 Å². The fraction of sp³-hybridized carbons (Fsp3) is 0.409. The molecule has 0 aliphatic rings. The van der Waals surface area contributed by atoms with Crippen LogP contribution in [0, 0.1) is 0 Å². The zero-order valence-corrected chi connectivity index (χ0v) is 18.5. The van der Waals surface area contributed by atoms with Gasteiger partial charge in [-0.2, -0.15) is 5.10 Å². The van der Waals surface area contributed by atoms with Crippen LogP contribution in [0.2, 0.25) is 15.1 Å². The molecule has 0 aromatic heterocycles. The summed E-state index contributed by atoms with van der Waals surface area (Å²) in [7, 11) is 0. The lowest BCUT2D eigenvalue weighted by molar-refractivity contribution is 0.304. The number of halogens is 3. The molecule has 0 radical (unpaired) electrons. The van der Waals surface area contributed by atoms with Gasteiger partial charge in [0.15, 0.2) is 0 Å². The van der Waals surface area contributed by atoms with Crippen molar-refractivity contribution >= 4 is 46.7 Å². The molecular formula is C22H27Cl3N2O. The number of hydrogen-bond donors (Lipinski definition) is 1. The molecule has 3 nitrogen and oxygen atoms in total. The van der Waals surface area contributed by atoms with E-state index in [9.17, 15) is 0 Å². The van der Waals surface area contributed by atoms with Gasteiger partial charge in [0.05, 0.1) is 33.6 Å². The molecule has 0 aliphatic heterocycles. The third-order valence-corrected chi connectivity index (χ3v) is 5.37. The first-order chi connectivity index (χ1) is 13.6. The maximum Gasteiger partial charge on any atom is 0.120 e. The van der Waals surface area contributed by atoms with Crippen molar-refractivity contribution < 1.29 is 4.74 Å². The van der Waals surface area contributed by atoms with Gasteiger partial charge in [0.2, 0.25) is 0 Å². The lowest BCUT2D eigenvalue weighted by Gasteiger charge is -2.08. The molecule has 28 heavy (non-hydrogen) atoms. The molecule has 0 heterocycles. The molecular weight excluding hydrogens is 415 g/mol. The molecule has 2 aromatic rings. The fourth-order valence-electron chi connectivity index (χ4n) is 2.69. The first-order valence-electron chi connectivity index (χ1n) is 9.76. The average molecular weight is 442 g/mol. The summed E-state index contributed by atoms with van der Waals surface area (Å²) in [6, 6.07) is 10.9. The Labute approximate surface area is 183 Å². The van der Waals surface area contributed by atoms with E-state index in [1.165, 1.54) is 38.5 Å². The molecule has 0 amide bonds. The van der Waals surface area contributed by atoms with Crippen molar-refractivity contribution in [3.8, 4) is 5.75 Å². The lowest BCUT2D eigenvalue weighted by atomic mass is 10.1. The summed E-state index contributed by atoms with van der Waals surface area (Å²) in [5.74, 6) is 0.783. The summed E-state index contributed by atoms with van der Waals surface area (Å²) in [6.45, 7) is 2.96. The molecule has 0 fully saturated rings. The van der Waals surface area contributed by atoms with Gasteiger partial charge in [0, 0.05) is 5.56 Å². The molecule has 0 bridgehead atoms. The fourth-order valence-corrected chi connectivity index (χ4v) is 3.21. The predicted molar refractivity (Wildman–Crippen MR) is 123 cm³/mol. The molecule has 0 aliphatic carbocycles. The molecule has 0 saturated heterocycles. The Morgan fingerprint density at radius 1 is 0.857 bits per heavy atom. The monoisotopic (exact) mass is 440 g/mol. The summed E-state index contributed by atoms with van der Waals surface area (Å²) in [5.41, 5.74) is 4.46. The van der Waals surface area contributed by atoms with E-state index in [4.69, 9.17) is 39.5 Å². The minimum Gasteiger partial charge on any atom is -0.494 e. The van der Waals surface area contributed by atoms with Crippen molar-refractivity contribution in [3.05, 3.63) is 57.0 Å². The minimum absolute atomic E-state index is 0.474. The van der Waals surface area contributed by atoms with Crippen molar-refractivity contribution in [2.45, 2.75) is 51.9 Å². The van der Waals surface area contributed by atoms with Crippen LogP contribution in [0.1, 0.15) is 57.4 Å². The summed E-state index contributed by atoms with van der Waals surface area (Å²) in [5, 5.41) is 5.76. The number of unbranched alkanes of at least 4 members (excludes halogenated alkanes) is 6. The SMILES string of the molecule is CCCCCCCCCOc1ccc(C=NNc2ccc(Cl)c(Cl)c2)c(Cl)c1. The summed E-state index contributed by atoms with van der Waals surface area (Å²) in [4.78, 5) is 0. The molecule has 0 saturated carbocycles. The number of hydrazone groups is 1. The topological polar surface area (TPSA) is 33.6 Å². The van der Waals surface area contributed by atoms with Crippen LogP contribution in [0.3, 0.4) is 0 Å². The number of nitrogens with one attached hydrogen (secondary N) is 1. The van der Waals surface area contributed by atoms with E-state index >= 15 is 0 Å². The second-order valence-corrected chi connectivity index (χ2v) is 7.87. The Balaban J connectivity index is 1.74. The third kappa shape index (κ3) is 8.30. The van der Waals surface area contributed by atoms with E-state index in [2.05, 4.69) is 17.5 Å². The minimum atomic E-state index is 0.474. The largest absolute Gasteiger partial charge is 0.494 e. The third-order valence-electron chi connectivity index (χ3n) is 4.31. The number of hydrogen-bond acceptors (Lipinski definition) is 3. The van der Waals surface area contributed by atoms with E-state index < -0.39 is 0 Å². The van der Waals surface area contributed by atoms with Gasteiger partial charge in [0.1, 0.15) is 5.75 Å². The molecule has 2 aromatic carbocycles. The Morgan fingerprint density at radius 2 is 1.61 bits per heavy atom. The van der Waals surface area contributed by atoms with Crippen molar-refractivity contribution in [2.75, 3.05) is 12.0 Å². The van der Waals surface area contributed by atoms with Gasteiger partial charge in [-0.25, -0.2) is 0 Å². The standard InChI is InChI=1S/C22H27Cl3N2O/c1-2-3-4-5-6-7-8-13-28-19-11-9-17(21(24)15-19)16-26-27-18-10-12-20(23)22(25)14-18/h9-12,14-16,27H,2-8,13H2,1H3. The number of nitrogens with zero attached hydrogens (tertiary/aromatic N) is 1. The highest BCUT2D eigenvalue weighted by atomic mass is 35.5. The Bertz CT molecular complexity index is 765. The second kappa shape index (κ2) is 12.9. The van der Waals surface area contributed by atoms with Crippen molar-refractivity contribution in [1.82, 2.24) is 0 Å². The van der Waals surface area contributed by atoms with E-state index in [1.807, 2.05) is 18.2 Å². The summed E-state index contributed by atoms with van der Waals surface area (Å²) < 4.78 is 5.80. The van der Waals surface area contributed by atoms with Gasteiger partial charge in [-0.05, 0) is 42.8 Å². The van der Waals surface area contributed by atoms with Crippen LogP contribution in [0.25, 0.3) is 0 Å². The molecule has 0 spiro atoms. The molecule has 1 N–H and O–H groups in total.